The number of rotatable bonds is 4. The lowest BCUT2D eigenvalue weighted by Crippen LogP contribution is -2.45. The molecule has 1 aliphatic carbocycles. The van der Waals surface area contributed by atoms with Crippen LogP contribution in [0.5, 0.6) is 0 Å². The summed E-state index contributed by atoms with van der Waals surface area (Å²) in [6.45, 7) is 2.20. The van der Waals surface area contributed by atoms with E-state index in [1.54, 1.807) is 0 Å². The van der Waals surface area contributed by atoms with Crippen molar-refractivity contribution in [1.29, 1.82) is 0 Å². The Bertz CT molecular complexity index is 511. The molecule has 1 saturated carbocycles. The van der Waals surface area contributed by atoms with Crippen LogP contribution in [0.3, 0.4) is 0 Å². The molecule has 2 N–H and O–H groups in total. The lowest BCUT2D eigenvalue weighted by molar-refractivity contribution is -0.00790. The zero-order valence-electron chi connectivity index (χ0n) is 12.2. The van der Waals surface area contributed by atoms with Crippen molar-refractivity contribution in [1.82, 2.24) is 5.32 Å². The van der Waals surface area contributed by atoms with Crippen LogP contribution in [0.1, 0.15) is 49.4 Å². The highest BCUT2D eigenvalue weighted by molar-refractivity contribution is 5.94. The van der Waals surface area contributed by atoms with Crippen LogP contribution in [0, 0.1) is 17.6 Å². The summed E-state index contributed by atoms with van der Waals surface area (Å²) in [5.74, 6) is -2.28. The number of aliphatic hydroxyl groups is 1. The lowest BCUT2D eigenvalue weighted by Gasteiger charge is -2.35. The zero-order chi connectivity index (χ0) is 15.5. The minimum absolute atomic E-state index is 0.0677. The van der Waals surface area contributed by atoms with E-state index in [1.807, 2.05) is 0 Å². The molecule has 0 bridgehead atoms. The number of benzene rings is 1. The predicted molar refractivity (Wildman–Crippen MR) is 75.9 cm³/mol. The van der Waals surface area contributed by atoms with E-state index in [4.69, 9.17) is 0 Å². The quantitative estimate of drug-likeness (QED) is 0.897. The van der Waals surface area contributed by atoms with Crippen molar-refractivity contribution >= 4 is 5.91 Å². The summed E-state index contributed by atoms with van der Waals surface area (Å²) in [6, 6.07) is 3.48. The van der Waals surface area contributed by atoms with Gasteiger partial charge in [0.1, 0.15) is 0 Å². The Morgan fingerprint density at radius 2 is 2.05 bits per heavy atom. The van der Waals surface area contributed by atoms with Gasteiger partial charge >= 0.3 is 0 Å². The van der Waals surface area contributed by atoms with E-state index in [-0.39, 0.29) is 12.1 Å². The van der Waals surface area contributed by atoms with Gasteiger partial charge in [-0.05, 0) is 43.7 Å². The first-order chi connectivity index (χ1) is 9.95. The minimum atomic E-state index is -1.16. The first-order valence-electron chi connectivity index (χ1n) is 7.40. The van der Waals surface area contributed by atoms with Gasteiger partial charge in [-0.15, -0.1) is 0 Å². The fraction of sp³-hybridized carbons (Fsp3) is 0.562. The van der Waals surface area contributed by atoms with Crippen LogP contribution < -0.4 is 5.32 Å². The highest BCUT2D eigenvalue weighted by atomic mass is 19.2. The molecule has 0 aromatic heterocycles. The van der Waals surface area contributed by atoms with Gasteiger partial charge in [0.25, 0.3) is 5.91 Å². The molecule has 1 amide bonds. The van der Waals surface area contributed by atoms with Crippen molar-refractivity contribution in [2.75, 3.05) is 6.54 Å². The van der Waals surface area contributed by atoms with Crippen molar-refractivity contribution in [3.05, 3.63) is 35.4 Å². The predicted octanol–water partition coefficient (Wildman–Crippen LogP) is 3.03. The normalized spacial score (nSPS) is 25.6. The van der Waals surface area contributed by atoms with Crippen LogP contribution >= 0.6 is 0 Å². The largest absolute Gasteiger partial charge is 0.388 e. The van der Waals surface area contributed by atoms with Gasteiger partial charge in [-0.25, -0.2) is 8.78 Å². The Morgan fingerprint density at radius 3 is 2.67 bits per heavy atom. The van der Waals surface area contributed by atoms with Crippen LogP contribution in [0.2, 0.25) is 0 Å². The third-order valence-corrected chi connectivity index (χ3v) is 4.39. The monoisotopic (exact) mass is 297 g/mol. The molecule has 0 spiro atoms. The maximum absolute atomic E-state index is 13.5. The second-order valence-corrected chi connectivity index (χ2v) is 5.86. The Morgan fingerprint density at radius 1 is 1.38 bits per heavy atom. The molecule has 0 heterocycles. The maximum Gasteiger partial charge on any atom is 0.254 e. The number of hydrogen-bond donors (Lipinski definition) is 2. The number of carbonyl (C=O) groups excluding carboxylic acids is 1. The fourth-order valence-corrected chi connectivity index (χ4v) is 2.82. The first kappa shape index (κ1) is 15.9. The molecule has 3 nitrogen and oxygen atoms in total. The average molecular weight is 297 g/mol. The molecule has 0 unspecified atom stereocenters. The topological polar surface area (TPSA) is 49.3 Å². The second-order valence-electron chi connectivity index (χ2n) is 5.86. The zero-order valence-corrected chi connectivity index (χ0v) is 12.2. The maximum atomic E-state index is 13.5. The number of halogens is 2. The number of hydrogen-bond acceptors (Lipinski definition) is 2. The highest BCUT2D eigenvalue weighted by Gasteiger charge is 2.33. The molecule has 0 aliphatic heterocycles. The summed E-state index contributed by atoms with van der Waals surface area (Å²) in [4.78, 5) is 11.9. The molecule has 2 rings (SSSR count). The minimum Gasteiger partial charge on any atom is -0.388 e. The molecule has 0 radical (unpaired) electrons. The summed E-state index contributed by atoms with van der Waals surface area (Å²) in [7, 11) is 0. The summed E-state index contributed by atoms with van der Waals surface area (Å²) < 4.78 is 26.6. The fourth-order valence-electron chi connectivity index (χ4n) is 2.82. The summed E-state index contributed by atoms with van der Waals surface area (Å²) in [5.41, 5.74) is -1.27. The van der Waals surface area contributed by atoms with Crippen LogP contribution in [-0.4, -0.2) is 23.2 Å². The van der Waals surface area contributed by atoms with Crippen LogP contribution in [0.25, 0.3) is 0 Å². The molecular weight excluding hydrogens is 276 g/mol. The first-order valence-corrected chi connectivity index (χ1v) is 7.40. The Hall–Kier alpha value is -1.49. The van der Waals surface area contributed by atoms with Crippen LogP contribution in [0.15, 0.2) is 18.2 Å². The van der Waals surface area contributed by atoms with Gasteiger partial charge in [-0.2, -0.15) is 0 Å². The highest BCUT2D eigenvalue weighted by Crippen LogP contribution is 2.33. The summed E-state index contributed by atoms with van der Waals surface area (Å²) >= 11 is 0. The van der Waals surface area contributed by atoms with Crippen molar-refractivity contribution in [2.24, 2.45) is 5.92 Å². The van der Waals surface area contributed by atoms with E-state index < -0.39 is 23.1 Å². The molecule has 5 heteroatoms. The average Bonchev–Trinajstić information content (AvgIpc) is 2.49. The van der Waals surface area contributed by atoms with Crippen molar-refractivity contribution in [2.45, 2.75) is 44.6 Å². The number of nitrogens with one attached hydrogen (secondary N) is 1. The van der Waals surface area contributed by atoms with E-state index >= 15 is 0 Å². The molecular formula is C16H21F2NO2. The molecule has 116 valence electrons. The summed E-state index contributed by atoms with van der Waals surface area (Å²) in [5, 5.41) is 12.9. The molecule has 1 aromatic rings. The van der Waals surface area contributed by atoms with Gasteiger partial charge in [-0.3, -0.25) is 4.79 Å². The smallest absolute Gasteiger partial charge is 0.254 e. The van der Waals surface area contributed by atoms with E-state index in [0.717, 1.165) is 25.3 Å². The van der Waals surface area contributed by atoms with Gasteiger partial charge in [0.2, 0.25) is 0 Å². The number of amides is 1. The SMILES string of the molecule is CCC1CCC(O)(CNC(=O)c2cccc(F)c2F)CC1. The van der Waals surface area contributed by atoms with Gasteiger partial charge in [-0.1, -0.05) is 19.4 Å². The molecule has 21 heavy (non-hydrogen) atoms. The summed E-state index contributed by atoms with van der Waals surface area (Å²) in [6.07, 6.45) is 4.19. The third-order valence-electron chi connectivity index (χ3n) is 4.39. The van der Waals surface area contributed by atoms with E-state index in [9.17, 15) is 18.7 Å². The Balaban J connectivity index is 1.94. The second kappa shape index (κ2) is 6.52. The van der Waals surface area contributed by atoms with Gasteiger partial charge in [0, 0.05) is 6.54 Å². The van der Waals surface area contributed by atoms with Gasteiger partial charge in [0.15, 0.2) is 11.6 Å². The van der Waals surface area contributed by atoms with Gasteiger partial charge in [0.05, 0.1) is 11.2 Å². The van der Waals surface area contributed by atoms with E-state index in [0.29, 0.717) is 18.8 Å². The Kier molecular flexibility index (Phi) is 4.93. The van der Waals surface area contributed by atoms with Gasteiger partial charge < -0.3 is 10.4 Å². The molecule has 1 aliphatic rings. The molecule has 1 aromatic carbocycles. The van der Waals surface area contributed by atoms with Crippen LogP contribution in [-0.2, 0) is 0 Å². The van der Waals surface area contributed by atoms with Crippen molar-refractivity contribution in [3.63, 3.8) is 0 Å². The van der Waals surface area contributed by atoms with Crippen LogP contribution in [0.4, 0.5) is 8.78 Å². The molecule has 0 atom stereocenters. The third kappa shape index (κ3) is 3.79. The molecule has 0 saturated heterocycles. The van der Waals surface area contributed by atoms with E-state index in [2.05, 4.69) is 12.2 Å². The number of carbonyl (C=O) groups is 1. The lowest BCUT2D eigenvalue weighted by atomic mass is 9.78. The standard InChI is InChI=1S/C16H21F2NO2/c1-2-11-6-8-16(21,9-7-11)10-19-15(20)12-4-3-5-13(17)14(12)18/h3-5,11,21H,2,6-10H2,1H3,(H,19,20). The molecule has 1 fully saturated rings. The van der Waals surface area contributed by atoms with Crippen molar-refractivity contribution in [3.8, 4) is 0 Å². The Labute approximate surface area is 123 Å². The van der Waals surface area contributed by atoms with Crippen molar-refractivity contribution < 1.29 is 18.7 Å². The van der Waals surface area contributed by atoms with E-state index in [1.165, 1.54) is 12.1 Å².